The van der Waals surface area contributed by atoms with E-state index in [0.717, 1.165) is 16.8 Å². The summed E-state index contributed by atoms with van der Waals surface area (Å²) in [5.41, 5.74) is 2.77. The van der Waals surface area contributed by atoms with Gasteiger partial charge in [-0.15, -0.1) is 0 Å². The lowest BCUT2D eigenvalue weighted by Crippen LogP contribution is -2.35. The van der Waals surface area contributed by atoms with Crippen molar-refractivity contribution in [1.82, 2.24) is 5.32 Å². The molecule has 2 aromatic carbocycles. The smallest absolute Gasteiger partial charge is 0.243 e. The summed E-state index contributed by atoms with van der Waals surface area (Å²) < 4.78 is 0. The average molecular weight is 310 g/mol. The second-order valence-corrected chi connectivity index (χ2v) is 5.51. The number of nitrogens with one attached hydrogen (secondary N) is 2. The van der Waals surface area contributed by atoms with Crippen molar-refractivity contribution >= 4 is 17.5 Å². The molecule has 0 aliphatic rings. The molecular formula is C19H22N2O2. The van der Waals surface area contributed by atoms with E-state index in [1.165, 1.54) is 0 Å². The Hall–Kier alpha value is -2.62. The molecule has 0 aliphatic carbocycles. The van der Waals surface area contributed by atoms with E-state index in [1.54, 1.807) is 0 Å². The number of hydrogen-bond donors (Lipinski definition) is 2. The van der Waals surface area contributed by atoms with E-state index in [2.05, 4.69) is 10.6 Å². The first kappa shape index (κ1) is 16.7. The van der Waals surface area contributed by atoms with Crippen LogP contribution in [0.25, 0.3) is 0 Å². The lowest BCUT2D eigenvalue weighted by Gasteiger charge is -2.15. The van der Waals surface area contributed by atoms with Crippen molar-refractivity contribution in [2.24, 2.45) is 0 Å². The van der Waals surface area contributed by atoms with Gasteiger partial charge >= 0.3 is 0 Å². The Morgan fingerprint density at radius 2 is 1.78 bits per heavy atom. The van der Waals surface area contributed by atoms with Crippen molar-refractivity contribution in [3.05, 3.63) is 65.7 Å². The molecule has 4 nitrogen and oxygen atoms in total. The molecular weight excluding hydrogens is 288 g/mol. The van der Waals surface area contributed by atoms with Crippen LogP contribution in [0, 0.1) is 6.92 Å². The van der Waals surface area contributed by atoms with Gasteiger partial charge in [-0.2, -0.15) is 0 Å². The molecule has 0 saturated heterocycles. The Morgan fingerprint density at radius 1 is 1.04 bits per heavy atom. The van der Waals surface area contributed by atoms with Gasteiger partial charge in [-0.3, -0.25) is 9.59 Å². The maximum absolute atomic E-state index is 12.3. The number of hydrogen-bond acceptors (Lipinski definition) is 2. The Kier molecular flexibility index (Phi) is 5.92. The normalized spacial score (nSPS) is 11.6. The molecule has 0 fully saturated rings. The first-order chi connectivity index (χ1) is 11.1. The second kappa shape index (κ2) is 8.13. The molecule has 0 spiro atoms. The summed E-state index contributed by atoms with van der Waals surface area (Å²) in [7, 11) is 0. The van der Waals surface area contributed by atoms with E-state index in [0.29, 0.717) is 6.42 Å². The minimum absolute atomic E-state index is 0.0316. The molecule has 23 heavy (non-hydrogen) atoms. The van der Waals surface area contributed by atoms with Crippen LogP contribution in [0.1, 0.15) is 30.4 Å². The number of rotatable bonds is 6. The van der Waals surface area contributed by atoms with Crippen LogP contribution < -0.4 is 10.6 Å². The summed E-state index contributed by atoms with van der Waals surface area (Å²) in [5, 5.41) is 5.50. The molecule has 0 aromatic heterocycles. The first-order valence-electron chi connectivity index (χ1n) is 7.79. The standard InChI is InChI=1S/C19H22N2O2/c1-3-17(15-9-5-4-6-10-15)19(23)20-13-18(22)21-16-11-7-8-14(2)12-16/h4-12,17H,3,13H2,1-2H3,(H,20,23)(H,21,22). The van der Waals surface area contributed by atoms with Crippen LogP contribution in [0.15, 0.2) is 54.6 Å². The molecule has 2 amide bonds. The van der Waals surface area contributed by atoms with Gasteiger partial charge in [-0.25, -0.2) is 0 Å². The Labute approximate surface area is 136 Å². The number of anilines is 1. The molecule has 0 aliphatic heterocycles. The van der Waals surface area contributed by atoms with Gasteiger partial charge in [0.05, 0.1) is 12.5 Å². The highest BCUT2D eigenvalue weighted by atomic mass is 16.2. The van der Waals surface area contributed by atoms with Gasteiger partial charge in [0.1, 0.15) is 0 Å². The van der Waals surface area contributed by atoms with E-state index in [-0.39, 0.29) is 24.3 Å². The Balaban J connectivity index is 1.89. The summed E-state index contributed by atoms with van der Waals surface area (Å²) in [6.45, 7) is 3.89. The van der Waals surface area contributed by atoms with Crippen molar-refractivity contribution < 1.29 is 9.59 Å². The van der Waals surface area contributed by atoms with Crippen LogP contribution >= 0.6 is 0 Å². The number of amides is 2. The van der Waals surface area contributed by atoms with Gasteiger partial charge in [0.2, 0.25) is 11.8 Å². The van der Waals surface area contributed by atoms with E-state index in [1.807, 2.05) is 68.4 Å². The van der Waals surface area contributed by atoms with Gasteiger partial charge in [0.25, 0.3) is 0 Å². The Morgan fingerprint density at radius 3 is 2.43 bits per heavy atom. The van der Waals surface area contributed by atoms with Gasteiger partial charge < -0.3 is 10.6 Å². The van der Waals surface area contributed by atoms with E-state index < -0.39 is 0 Å². The van der Waals surface area contributed by atoms with Crippen LogP contribution in [0.3, 0.4) is 0 Å². The molecule has 0 saturated carbocycles. The molecule has 0 bridgehead atoms. The van der Waals surface area contributed by atoms with Crippen molar-refractivity contribution in [3.8, 4) is 0 Å². The summed E-state index contributed by atoms with van der Waals surface area (Å²) >= 11 is 0. The minimum atomic E-state index is -0.233. The molecule has 0 heterocycles. The van der Waals surface area contributed by atoms with Gasteiger partial charge in [-0.1, -0.05) is 49.4 Å². The molecule has 120 valence electrons. The summed E-state index contributed by atoms with van der Waals surface area (Å²) in [6, 6.07) is 17.2. The zero-order chi connectivity index (χ0) is 16.7. The predicted molar refractivity (Wildman–Crippen MR) is 92.3 cm³/mol. The van der Waals surface area contributed by atoms with Crippen molar-refractivity contribution in [3.63, 3.8) is 0 Å². The SMILES string of the molecule is CCC(C(=O)NCC(=O)Nc1cccc(C)c1)c1ccccc1. The monoisotopic (exact) mass is 310 g/mol. The summed E-state index contributed by atoms with van der Waals surface area (Å²) in [4.78, 5) is 24.2. The van der Waals surface area contributed by atoms with E-state index in [9.17, 15) is 9.59 Å². The number of aryl methyl sites for hydroxylation is 1. The molecule has 1 atom stereocenters. The van der Waals surface area contributed by atoms with Crippen molar-refractivity contribution in [2.45, 2.75) is 26.2 Å². The molecule has 2 aromatic rings. The molecule has 1 unspecified atom stereocenters. The van der Waals surface area contributed by atoms with Crippen LogP contribution in [0.2, 0.25) is 0 Å². The van der Waals surface area contributed by atoms with Crippen molar-refractivity contribution in [2.75, 3.05) is 11.9 Å². The fraction of sp³-hybridized carbons (Fsp3) is 0.263. The van der Waals surface area contributed by atoms with Gasteiger partial charge in [-0.05, 0) is 36.6 Å². The van der Waals surface area contributed by atoms with Crippen LogP contribution in [0.5, 0.6) is 0 Å². The van der Waals surface area contributed by atoms with Gasteiger partial charge in [0.15, 0.2) is 0 Å². The average Bonchev–Trinajstić information content (AvgIpc) is 2.55. The fourth-order valence-electron chi connectivity index (χ4n) is 2.48. The van der Waals surface area contributed by atoms with Crippen LogP contribution in [-0.4, -0.2) is 18.4 Å². The van der Waals surface area contributed by atoms with Crippen LogP contribution in [-0.2, 0) is 9.59 Å². The topological polar surface area (TPSA) is 58.2 Å². The predicted octanol–water partition coefficient (Wildman–Crippen LogP) is 3.24. The largest absolute Gasteiger partial charge is 0.346 e. The van der Waals surface area contributed by atoms with Gasteiger partial charge in [0, 0.05) is 5.69 Å². The minimum Gasteiger partial charge on any atom is -0.346 e. The third-order valence-corrected chi connectivity index (χ3v) is 3.65. The van der Waals surface area contributed by atoms with Crippen LogP contribution in [0.4, 0.5) is 5.69 Å². The molecule has 2 rings (SSSR count). The number of carbonyl (C=O) groups is 2. The molecule has 4 heteroatoms. The highest BCUT2D eigenvalue weighted by Gasteiger charge is 2.18. The summed E-state index contributed by atoms with van der Waals surface area (Å²) in [6.07, 6.45) is 0.690. The van der Waals surface area contributed by atoms with Crippen molar-refractivity contribution in [1.29, 1.82) is 0 Å². The highest BCUT2D eigenvalue weighted by molar-refractivity contribution is 5.95. The van der Waals surface area contributed by atoms with E-state index >= 15 is 0 Å². The highest BCUT2D eigenvalue weighted by Crippen LogP contribution is 2.19. The fourth-order valence-corrected chi connectivity index (χ4v) is 2.48. The summed E-state index contributed by atoms with van der Waals surface area (Å²) in [5.74, 6) is -0.590. The second-order valence-electron chi connectivity index (χ2n) is 5.51. The molecule has 0 radical (unpaired) electrons. The third-order valence-electron chi connectivity index (χ3n) is 3.65. The lowest BCUT2D eigenvalue weighted by atomic mass is 9.96. The number of benzene rings is 2. The Bertz CT molecular complexity index is 668. The maximum Gasteiger partial charge on any atom is 0.243 e. The lowest BCUT2D eigenvalue weighted by molar-refractivity contribution is -0.125. The van der Waals surface area contributed by atoms with E-state index in [4.69, 9.17) is 0 Å². The first-order valence-corrected chi connectivity index (χ1v) is 7.79. The zero-order valence-corrected chi connectivity index (χ0v) is 13.5. The zero-order valence-electron chi connectivity index (χ0n) is 13.5. The quantitative estimate of drug-likeness (QED) is 0.860. The third kappa shape index (κ3) is 4.95. The maximum atomic E-state index is 12.3. The molecule has 2 N–H and O–H groups in total. The number of carbonyl (C=O) groups excluding carboxylic acids is 2.